The van der Waals surface area contributed by atoms with Crippen molar-refractivity contribution >= 4 is 21.6 Å². The maximum absolute atomic E-state index is 9.22. The van der Waals surface area contributed by atoms with Crippen molar-refractivity contribution in [3.63, 3.8) is 0 Å². The lowest BCUT2D eigenvalue weighted by atomic mass is 10.1. The van der Waals surface area contributed by atoms with Gasteiger partial charge in [0.25, 0.3) is 0 Å². The molecule has 0 spiro atoms. The Morgan fingerprint density at radius 1 is 1.21 bits per heavy atom. The molecule has 0 aromatic heterocycles. The van der Waals surface area contributed by atoms with Gasteiger partial charge < -0.3 is 4.90 Å². The second kappa shape index (κ2) is 5.90. The summed E-state index contributed by atoms with van der Waals surface area (Å²) in [6.45, 7) is 2.81. The van der Waals surface area contributed by atoms with E-state index in [0.717, 1.165) is 27.8 Å². The Kier molecular flexibility index (Phi) is 4.24. The molecule has 0 aliphatic carbocycles. The maximum Gasteiger partial charge on any atom is 0.101 e. The summed E-state index contributed by atoms with van der Waals surface area (Å²) < 4.78 is 1.07. The van der Waals surface area contributed by atoms with Crippen molar-refractivity contribution in [2.24, 2.45) is 0 Å². The molecule has 0 amide bonds. The molecule has 0 atom stereocenters. The fourth-order valence-electron chi connectivity index (χ4n) is 2.24. The van der Waals surface area contributed by atoms with Gasteiger partial charge in [-0.15, -0.1) is 0 Å². The number of halogens is 1. The highest BCUT2D eigenvalue weighted by Gasteiger charge is 2.10. The highest BCUT2D eigenvalue weighted by molar-refractivity contribution is 9.10. The lowest BCUT2D eigenvalue weighted by molar-refractivity contribution is 0.914. The first-order valence-electron chi connectivity index (χ1n) is 6.07. The summed E-state index contributed by atoms with van der Waals surface area (Å²) in [6, 6.07) is 16.3. The van der Waals surface area contributed by atoms with Crippen molar-refractivity contribution in [3.05, 3.63) is 63.6 Å². The quantitative estimate of drug-likeness (QED) is 0.846. The molecule has 0 N–H and O–H groups in total. The van der Waals surface area contributed by atoms with E-state index in [4.69, 9.17) is 0 Å². The summed E-state index contributed by atoms with van der Waals surface area (Å²) in [6.07, 6.45) is 0. The van der Waals surface area contributed by atoms with E-state index in [-0.39, 0.29) is 0 Å². The van der Waals surface area contributed by atoms with Crippen LogP contribution in [0.3, 0.4) is 0 Å². The number of anilines is 1. The molecule has 0 fully saturated rings. The average Bonchev–Trinajstić information content (AvgIpc) is 2.38. The first-order chi connectivity index (χ1) is 9.11. The minimum absolute atomic E-state index is 0.720. The van der Waals surface area contributed by atoms with E-state index in [1.54, 1.807) is 0 Å². The van der Waals surface area contributed by atoms with Crippen LogP contribution in [-0.2, 0) is 6.54 Å². The monoisotopic (exact) mass is 314 g/mol. The van der Waals surface area contributed by atoms with Crippen molar-refractivity contribution < 1.29 is 0 Å². The molecule has 0 aliphatic rings. The van der Waals surface area contributed by atoms with Gasteiger partial charge in [0.15, 0.2) is 0 Å². The van der Waals surface area contributed by atoms with Gasteiger partial charge >= 0.3 is 0 Å². The van der Waals surface area contributed by atoms with Crippen LogP contribution in [-0.4, -0.2) is 7.05 Å². The van der Waals surface area contributed by atoms with E-state index in [0.29, 0.717) is 0 Å². The molecule has 2 aromatic carbocycles. The molecule has 2 aromatic rings. The largest absolute Gasteiger partial charge is 0.369 e. The topological polar surface area (TPSA) is 27.0 Å². The lowest BCUT2D eigenvalue weighted by Crippen LogP contribution is -2.18. The van der Waals surface area contributed by atoms with Crippen molar-refractivity contribution in [3.8, 4) is 6.07 Å². The summed E-state index contributed by atoms with van der Waals surface area (Å²) in [5, 5.41) is 9.22. The Morgan fingerprint density at radius 3 is 2.63 bits per heavy atom. The Bertz CT molecular complexity index is 629. The van der Waals surface area contributed by atoms with Crippen LogP contribution in [0.25, 0.3) is 0 Å². The van der Waals surface area contributed by atoms with Crippen molar-refractivity contribution in [1.82, 2.24) is 0 Å². The molecule has 2 rings (SSSR count). The van der Waals surface area contributed by atoms with Crippen molar-refractivity contribution in [2.45, 2.75) is 13.5 Å². The fourth-order valence-corrected chi connectivity index (χ4v) is 2.69. The van der Waals surface area contributed by atoms with Crippen LogP contribution in [0.15, 0.2) is 46.9 Å². The third-order valence-corrected chi connectivity index (χ3v) is 3.54. The summed E-state index contributed by atoms with van der Waals surface area (Å²) in [5.41, 5.74) is 4.06. The number of rotatable bonds is 3. The normalized spacial score (nSPS) is 10.0. The number of para-hydroxylation sites is 1. The van der Waals surface area contributed by atoms with Gasteiger partial charge in [-0.2, -0.15) is 5.26 Å². The zero-order valence-corrected chi connectivity index (χ0v) is 12.6. The first kappa shape index (κ1) is 13.6. The van der Waals surface area contributed by atoms with Crippen LogP contribution in [0.1, 0.15) is 16.7 Å². The summed E-state index contributed by atoms with van der Waals surface area (Å²) >= 11 is 3.48. The van der Waals surface area contributed by atoms with Crippen LogP contribution < -0.4 is 4.90 Å². The molecule has 96 valence electrons. The summed E-state index contributed by atoms with van der Waals surface area (Å²) in [5.74, 6) is 0. The minimum atomic E-state index is 0.720. The summed E-state index contributed by atoms with van der Waals surface area (Å²) in [4.78, 5) is 2.12. The third kappa shape index (κ3) is 3.15. The van der Waals surface area contributed by atoms with E-state index in [9.17, 15) is 5.26 Å². The number of hydrogen-bond acceptors (Lipinski definition) is 2. The van der Waals surface area contributed by atoms with Gasteiger partial charge in [0.05, 0.1) is 11.3 Å². The average molecular weight is 315 g/mol. The van der Waals surface area contributed by atoms with Gasteiger partial charge in [-0.3, -0.25) is 0 Å². The lowest BCUT2D eigenvalue weighted by Gasteiger charge is -2.22. The molecule has 0 heterocycles. The molecule has 0 radical (unpaired) electrons. The number of hydrogen-bond donors (Lipinski definition) is 0. The number of aryl methyl sites for hydroxylation is 1. The molecule has 19 heavy (non-hydrogen) atoms. The molecule has 3 heteroatoms. The van der Waals surface area contributed by atoms with Crippen molar-refractivity contribution in [1.29, 1.82) is 5.26 Å². The fraction of sp³-hybridized carbons (Fsp3) is 0.188. The number of nitriles is 1. The zero-order valence-electron chi connectivity index (χ0n) is 11.0. The van der Waals surface area contributed by atoms with Crippen LogP contribution in [0.5, 0.6) is 0 Å². The van der Waals surface area contributed by atoms with E-state index in [1.807, 2.05) is 44.3 Å². The van der Waals surface area contributed by atoms with Crippen LogP contribution in [0.2, 0.25) is 0 Å². The molecule has 2 nitrogen and oxygen atoms in total. The highest BCUT2D eigenvalue weighted by atomic mass is 79.9. The Balaban J connectivity index is 2.30. The minimum Gasteiger partial charge on any atom is -0.369 e. The predicted molar refractivity (Wildman–Crippen MR) is 82.1 cm³/mol. The van der Waals surface area contributed by atoms with Gasteiger partial charge in [-0.25, -0.2) is 0 Å². The smallest absolute Gasteiger partial charge is 0.101 e. The molecule has 0 saturated carbocycles. The Morgan fingerprint density at radius 2 is 1.95 bits per heavy atom. The molecular weight excluding hydrogens is 300 g/mol. The second-order valence-corrected chi connectivity index (χ2v) is 5.48. The van der Waals surface area contributed by atoms with Crippen molar-refractivity contribution in [2.75, 3.05) is 11.9 Å². The van der Waals surface area contributed by atoms with Crippen LogP contribution in [0, 0.1) is 18.3 Å². The van der Waals surface area contributed by atoms with E-state index >= 15 is 0 Å². The molecule has 0 saturated heterocycles. The van der Waals surface area contributed by atoms with Crippen LogP contribution in [0.4, 0.5) is 5.69 Å². The SMILES string of the molecule is Cc1cccc(C#N)c1N(C)Cc1cccc(Br)c1. The molecular formula is C16H15BrN2. The number of nitrogens with zero attached hydrogens (tertiary/aromatic N) is 2. The highest BCUT2D eigenvalue weighted by Crippen LogP contribution is 2.25. The maximum atomic E-state index is 9.22. The van der Waals surface area contributed by atoms with Gasteiger partial charge in [0.1, 0.15) is 6.07 Å². The van der Waals surface area contributed by atoms with Gasteiger partial charge in [0.2, 0.25) is 0 Å². The standard InChI is InChI=1S/C16H15BrN2/c1-12-5-3-7-14(10-18)16(12)19(2)11-13-6-4-8-15(17)9-13/h3-9H,11H2,1-2H3. The Hall–Kier alpha value is -1.79. The third-order valence-electron chi connectivity index (χ3n) is 3.05. The molecule has 0 bridgehead atoms. The van der Waals surface area contributed by atoms with E-state index < -0.39 is 0 Å². The first-order valence-corrected chi connectivity index (χ1v) is 6.86. The predicted octanol–water partition coefficient (Wildman–Crippen LogP) is 4.27. The second-order valence-electron chi connectivity index (χ2n) is 4.57. The molecule has 0 unspecified atom stereocenters. The Labute approximate surface area is 122 Å². The van der Waals surface area contributed by atoms with Gasteiger partial charge in [-0.1, -0.05) is 40.2 Å². The van der Waals surface area contributed by atoms with Crippen LogP contribution >= 0.6 is 15.9 Å². The van der Waals surface area contributed by atoms with Gasteiger partial charge in [-0.05, 0) is 36.2 Å². The zero-order chi connectivity index (χ0) is 13.8. The van der Waals surface area contributed by atoms with Gasteiger partial charge in [0, 0.05) is 18.1 Å². The molecule has 0 aliphatic heterocycles. The van der Waals surface area contributed by atoms with E-state index in [1.165, 1.54) is 5.56 Å². The van der Waals surface area contributed by atoms with E-state index in [2.05, 4.69) is 39.0 Å². The summed E-state index contributed by atoms with van der Waals surface area (Å²) in [7, 11) is 2.02. The number of benzene rings is 2.